The highest BCUT2D eigenvalue weighted by Gasteiger charge is 2.76. The highest BCUT2D eigenvalue weighted by Crippen LogP contribution is 2.42. The number of nitrogens with zero attached hydrogens (tertiary/aromatic N) is 2. The summed E-state index contributed by atoms with van der Waals surface area (Å²) in [7, 11) is 0. The van der Waals surface area contributed by atoms with Crippen molar-refractivity contribution in [3.63, 3.8) is 0 Å². The zero-order chi connectivity index (χ0) is 17.4. The van der Waals surface area contributed by atoms with Crippen LogP contribution in [0.15, 0.2) is 12.2 Å². The molecule has 10 heteroatoms. The third-order valence-corrected chi connectivity index (χ3v) is 4.81. The van der Waals surface area contributed by atoms with Crippen LogP contribution in [0.25, 0.3) is 0 Å². The maximum absolute atomic E-state index is 12.3. The van der Waals surface area contributed by atoms with Gasteiger partial charge in [0.1, 0.15) is 18.2 Å². The van der Waals surface area contributed by atoms with Gasteiger partial charge in [-0.2, -0.15) is 0 Å². The molecule has 4 atom stereocenters. The van der Waals surface area contributed by atoms with Crippen LogP contribution in [0.3, 0.4) is 0 Å². The van der Waals surface area contributed by atoms with Crippen molar-refractivity contribution in [1.29, 1.82) is 0 Å². The predicted molar refractivity (Wildman–Crippen MR) is 75.0 cm³/mol. The summed E-state index contributed by atoms with van der Waals surface area (Å²) in [4.78, 5) is 46.3. The summed E-state index contributed by atoms with van der Waals surface area (Å²) in [6.45, 7) is 0.540. The van der Waals surface area contributed by atoms with Crippen LogP contribution < -0.4 is 4.90 Å². The van der Waals surface area contributed by atoms with Gasteiger partial charge in [0, 0.05) is 22.3 Å². The summed E-state index contributed by atoms with van der Waals surface area (Å²) in [5, 5.41) is 32.6. The Bertz CT molecular complexity index is 604. The van der Waals surface area contributed by atoms with Crippen LogP contribution in [0.5, 0.6) is 0 Å². The van der Waals surface area contributed by atoms with E-state index >= 15 is 0 Å². The van der Waals surface area contributed by atoms with E-state index in [-0.39, 0.29) is 26.2 Å². The van der Waals surface area contributed by atoms with Gasteiger partial charge in [-0.15, -0.1) is 0 Å². The molecule has 23 heavy (non-hydrogen) atoms. The lowest BCUT2D eigenvalue weighted by atomic mass is 9.61. The number of Topliss-reactive ketones (excluding diaryl/α,β-unsaturated/α-hetero) is 1. The number of nitrogens with one attached hydrogen (secondary N) is 1. The number of aliphatic hydroxyl groups excluding tert-OH is 1. The number of rotatable bonds is 6. The number of fused-ring (bicyclic) bond motifs is 2. The predicted octanol–water partition coefficient (Wildman–Crippen LogP) is -2.36. The van der Waals surface area contributed by atoms with Crippen LogP contribution in [0, 0.1) is 26.1 Å². The van der Waals surface area contributed by atoms with E-state index in [1.54, 1.807) is 0 Å². The number of ketones is 2. The third-order valence-electron chi connectivity index (χ3n) is 4.81. The molecule has 0 aromatic rings. The van der Waals surface area contributed by atoms with E-state index in [4.69, 9.17) is 5.11 Å². The van der Waals surface area contributed by atoms with E-state index in [1.807, 2.05) is 0 Å². The molecule has 1 fully saturated rings. The van der Waals surface area contributed by atoms with Gasteiger partial charge in [-0.3, -0.25) is 25.0 Å². The Hall–Kier alpha value is -2.20. The minimum atomic E-state index is -2.21. The van der Waals surface area contributed by atoms with Crippen molar-refractivity contribution >= 4 is 11.6 Å². The van der Waals surface area contributed by atoms with Crippen LogP contribution in [0.4, 0.5) is 0 Å². The Morgan fingerprint density at radius 2 is 2.04 bits per heavy atom. The average Bonchev–Trinajstić information content (AvgIpc) is 2.44. The maximum atomic E-state index is 12.3. The highest BCUT2D eigenvalue weighted by atomic mass is 16.6. The number of carbonyl (C=O) groups is 2. The largest absolute Gasteiger partial charge is 0.391 e. The second kappa shape index (κ2) is 5.78. The first-order valence-electron chi connectivity index (χ1n) is 7.17. The van der Waals surface area contributed by atoms with Crippen molar-refractivity contribution in [2.75, 3.05) is 26.2 Å². The number of piperidine rings is 1. The molecule has 0 spiro atoms. The molecule has 1 saturated heterocycles. The number of hydrogen-bond donors (Lipinski definition) is 2. The zero-order valence-electron chi connectivity index (χ0n) is 12.6. The molecule has 2 aliphatic rings. The second-order valence-electron chi connectivity index (χ2n) is 6.16. The Morgan fingerprint density at radius 3 is 2.52 bits per heavy atom. The summed E-state index contributed by atoms with van der Waals surface area (Å²) in [6, 6.07) is 0. The van der Waals surface area contributed by atoms with Gasteiger partial charge in [0.15, 0.2) is 13.1 Å². The number of likely N-dealkylation sites (tertiary alicyclic amines) is 1. The molecule has 0 saturated carbocycles. The van der Waals surface area contributed by atoms with E-state index in [2.05, 4.69) is 0 Å². The molecule has 0 radical (unpaired) electrons. The van der Waals surface area contributed by atoms with Crippen molar-refractivity contribution in [1.82, 2.24) is 0 Å². The van der Waals surface area contributed by atoms with Crippen LogP contribution >= 0.6 is 0 Å². The molecule has 126 valence electrons. The lowest BCUT2D eigenvalue weighted by Crippen LogP contribution is -3.19. The Balaban J connectivity index is 2.67. The van der Waals surface area contributed by atoms with Gasteiger partial charge in [-0.1, -0.05) is 0 Å². The summed E-state index contributed by atoms with van der Waals surface area (Å²) >= 11 is 0. The fourth-order valence-electron chi connectivity index (χ4n) is 3.80. The van der Waals surface area contributed by atoms with Gasteiger partial charge in [0.25, 0.3) is 5.54 Å². The van der Waals surface area contributed by atoms with E-state index in [9.17, 15) is 29.8 Å². The molecular weight excluding hydrogens is 310 g/mol. The van der Waals surface area contributed by atoms with Gasteiger partial charge in [0.2, 0.25) is 5.78 Å². The molecule has 2 N–H and O–H groups in total. The smallest absolute Gasteiger partial charge is 0.340 e. The first-order valence-corrected chi connectivity index (χ1v) is 7.17. The number of hydrogen-bond acceptors (Lipinski definition) is 7. The Labute approximate surface area is 131 Å². The van der Waals surface area contributed by atoms with Gasteiger partial charge in [0.05, 0.1) is 6.61 Å². The number of nitro groups is 2. The molecule has 10 nitrogen and oxygen atoms in total. The number of carbonyl (C=O) groups excluding carboxylic acids is 2. The molecule has 0 aromatic carbocycles. The quantitative estimate of drug-likeness (QED) is 0.410. The van der Waals surface area contributed by atoms with Crippen LogP contribution in [-0.4, -0.2) is 63.8 Å². The SMILES string of the molecule is CC(=O)CC1C2([N+](=O)[O-])C=CC(=O)C1([N+](=O)[O-])C[NH+](CCO)C2. The van der Waals surface area contributed by atoms with E-state index in [0.717, 1.165) is 12.2 Å². The fraction of sp³-hybridized carbons (Fsp3) is 0.692. The van der Waals surface area contributed by atoms with Gasteiger partial charge < -0.3 is 14.8 Å². The second-order valence-corrected chi connectivity index (χ2v) is 6.16. The summed E-state index contributed by atoms with van der Waals surface area (Å²) < 4.78 is 0. The molecule has 0 amide bonds. The van der Waals surface area contributed by atoms with Crippen molar-refractivity contribution in [2.24, 2.45) is 5.92 Å². The van der Waals surface area contributed by atoms with Crippen molar-refractivity contribution < 1.29 is 29.4 Å². The topological polar surface area (TPSA) is 145 Å². The average molecular weight is 328 g/mol. The lowest BCUT2D eigenvalue weighted by molar-refractivity contribution is -0.943. The molecular formula is C13H18N3O7+. The summed E-state index contributed by atoms with van der Waals surface area (Å²) in [5.41, 5.74) is -4.08. The molecule has 2 rings (SSSR count). The van der Waals surface area contributed by atoms with E-state index < -0.39 is 44.8 Å². The summed E-state index contributed by atoms with van der Waals surface area (Å²) in [6.07, 6.45) is 1.57. The van der Waals surface area contributed by atoms with Crippen molar-refractivity contribution in [3.05, 3.63) is 32.4 Å². The fourth-order valence-corrected chi connectivity index (χ4v) is 3.80. The molecule has 1 aliphatic carbocycles. The minimum Gasteiger partial charge on any atom is -0.391 e. The zero-order valence-corrected chi connectivity index (χ0v) is 12.6. The first kappa shape index (κ1) is 17.2. The normalized spacial score (nSPS) is 35.8. The maximum Gasteiger partial charge on any atom is 0.340 e. The number of aliphatic hydroxyl groups is 1. The van der Waals surface area contributed by atoms with Gasteiger partial charge in [-0.05, 0) is 13.0 Å². The van der Waals surface area contributed by atoms with Crippen molar-refractivity contribution in [3.8, 4) is 0 Å². The highest BCUT2D eigenvalue weighted by molar-refractivity contribution is 5.99. The molecule has 2 bridgehead atoms. The van der Waals surface area contributed by atoms with E-state index in [1.165, 1.54) is 6.92 Å². The van der Waals surface area contributed by atoms with E-state index in [0.29, 0.717) is 4.90 Å². The van der Waals surface area contributed by atoms with Crippen LogP contribution in [0.1, 0.15) is 13.3 Å². The standard InChI is InChI=1S/C13H17N3O7/c1-9(18)6-10-12(15(20)21)3-2-11(19)13(10,16(22)23)8-14(7-12)4-5-17/h2-3,10,17H,4-8H2,1H3/p+1. The number of quaternary nitrogens is 1. The van der Waals surface area contributed by atoms with Gasteiger partial charge >= 0.3 is 5.54 Å². The Morgan fingerprint density at radius 1 is 1.39 bits per heavy atom. The summed E-state index contributed by atoms with van der Waals surface area (Å²) in [5.74, 6) is -2.61. The lowest BCUT2D eigenvalue weighted by Gasteiger charge is -2.45. The molecule has 1 aliphatic heterocycles. The third kappa shape index (κ3) is 2.43. The minimum absolute atomic E-state index is 0.0547. The first-order chi connectivity index (χ1) is 10.7. The Kier molecular flexibility index (Phi) is 4.31. The molecule has 4 unspecified atom stereocenters. The van der Waals surface area contributed by atoms with Crippen LogP contribution in [-0.2, 0) is 9.59 Å². The monoisotopic (exact) mass is 328 g/mol. The van der Waals surface area contributed by atoms with Crippen molar-refractivity contribution in [2.45, 2.75) is 24.4 Å². The van der Waals surface area contributed by atoms with Gasteiger partial charge in [-0.25, -0.2) is 0 Å². The molecule has 1 heterocycles. The molecule has 0 aromatic heterocycles. The van der Waals surface area contributed by atoms with Crippen LogP contribution in [0.2, 0.25) is 0 Å².